The molecular formula is C15H12ClN3O2. The van der Waals surface area contributed by atoms with Crippen LogP contribution >= 0.6 is 11.6 Å². The van der Waals surface area contributed by atoms with Gasteiger partial charge in [0.15, 0.2) is 0 Å². The van der Waals surface area contributed by atoms with Crippen LogP contribution in [-0.4, -0.2) is 27.7 Å². The number of fused-ring (bicyclic) bond motifs is 1. The summed E-state index contributed by atoms with van der Waals surface area (Å²) in [4.78, 5) is 16.5. The summed E-state index contributed by atoms with van der Waals surface area (Å²) in [7, 11) is 1.34. The Bertz CT molecular complexity index is 842. The van der Waals surface area contributed by atoms with Crippen LogP contribution in [0.3, 0.4) is 0 Å². The Labute approximate surface area is 126 Å². The van der Waals surface area contributed by atoms with Crippen LogP contribution in [0.2, 0.25) is 5.02 Å². The molecule has 0 saturated heterocycles. The molecule has 0 aliphatic rings. The summed E-state index contributed by atoms with van der Waals surface area (Å²) in [6.07, 6.45) is 1.64. The van der Waals surface area contributed by atoms with Gasteiger partial charge in [0, 0.05) is 11.9 Å². The Morgan fingerprint density at radius 2 is 2.10 bits per heavy atom. The topological polar surface area (TPSA) is 56.5 Å². The molecule has 106 valence electrons. The summed E-state index contributed by atoms with van der Waals surface area (Å²) in [5, 5.41) is 4.96. The Balaban J connectivity index is 2.33. The van der Waals surface area contributed by atoms with Crippen molar-refractivity contribution in [3.8, 4) is 11.4 Å². The van der Waals surface area contributed by atoms with E-state index in [2.05, 4.69) is 10.1 Å². The van der Waals surface area contributed by atoms with Crippen LogP contribution in [0.5, 0.6) is 0 Å². The van der Waals surface area contributed by atoms with Crippen molar-refractivity contribution < 1.29 is 9.53 Å². The van der Waals surface area contributed by atoms with Crippen LogP contribution in [0.4, 0.5) is 0 Å². The minimum Gasteiger partial charge on any atom is -0.465 e. The maximum atomic E-state index is 12.1. The van der Waals surface area contributed by atoms with E-state index in [1.54, 1.807) is 22.8 Å². The molecule has 0 spiro atoms. The maximum Gasteiger partial charge on any atom is 0.342 e. The van der Waals surface area contributed by atoms with Gasteiger partial charge < -0.3 is 4.74 Å². The first-order valence-electron chi connectivity index (χ1n) is 6.30. The maximum absolute atomic E-state index is 12.1. The lowest BCUT2D eigenvalue weighted by Crippen LogP contribution is -2.03. The van der Waals surface area contributed by atoms with Crippen molar-refractivity contribution in [3.05, 3.63) is 52.8 Å². The van der Waals surface area contributed by atoms with Gasteiger partial charge in [-0.3, -0.25) is 4.98 Å². The largest absolute Gasteiger partial charge is 0.465 e. The summed E-state index contributed by atoms with van der Waals surface area (Å²) in [5.74, 6) is -0.453. The number of pyridine rings is 2. The monoisotopic (exact) mass is 301 g/mol. The lowest BCUT2D eigenvalue weighted by molar-refractivity contribution is 0.0604. The van der Waals surface area contributed by atoms with Crippen LogP contribution in [-0.2, 0) is 4.74 Å². The van der Waals surface area contributed by atoms with Crippen LogP contribution in [0, 0.1) is 6.92 Å². The van der Waals surface area contributed by atoms with E-state index < -0.39 is 5.97 Å². The van der Waals surface area contributed by atoms with E-state index in [1.807, 2.05) is 25.1 Å². The molecule has 0 N–H and O–H groups in total. The number of hydrogen-bond donors (Lipinski definition) is 0. The third-order valence-electron chi connectivity index (χ3n) is 3.11. The number of aryl methyl sites for hydroxylation is 1. The third kappa shape index (κ3) is 2.36. The molecule has 0 fully saturated rings. The van der Waals surface area contributed by atoms with Crippen LogP contribution in [0.25, 0.3) is 16.9 Å². The van der Waals surface area contributed by atoms with Crippen molar-refractivity contribution >= 4 is 23.1 Å². The van der Waals surface area contributed by atoms with E-state index in [4.69, 9.17) is 16.3 Å². The van der Waals surface area contributed by atoms with Crippen molar-refractivity contribution in [2.75, 3.05) is 7.11 Å². The van der Waals surface area contributed by atoms with E-state index in [0.29, 0.717) is 27.5 Å². The number of rotatable bonds is 2. The van der Waals surface area contributed by atoms with Crippen molar-refractivity contribution in [2.45, 2.75) is 6.92 Å². The van der Waals surface area contributed by atoms with E-state index in [-0.39, 0.29) is 0 Å². The van der Waals surface area contributed by atoms with Crippen molar-refractivity contribution in [2.24, 2.45) is 0 Å². The molecule has 0 radical (unpaired) electrons. The predicted octanol–water partition coefficient (Wildman–Crippen LogP) is 3.14. The van der Waals surface area contributed by atoms with E-state index >= 15 is 0 Å². The Kier molecular flexibility index (Phi) is 3.35. The van der Waals surface area contributed by atoms with E-state index in [0.717, 1.165) is 5.69 Å². The number of nitrogens with zero attached hydrogens (tertiary/aromatic N) is 3. The molecule has 0 aliphatic carbocycles. The zero-order chi connectivity index (χ0) is 15.0. The quantitative estimate of drug-likeness (QED) is 0.682. The number of hydrogen-bond acceptors (Lipinski definition) is 4. The van der Waals surface area contributed by atoms with Gasteiger partial charge in [-0.05, 0) is 31.2 Å². The number of aromatic nitrogens is 3. The van der Waals surface area contributed by atoms with Gasteiger partial charge >= 0.3 is 5.97 Å². The highest BCUT2D eigenvalue weighted by atomic mass is 35.5. The fourth-order valence-electron chi connectivity index (χ4n) is 2.18. The molecular weight excluding hydrogens is 290 g/mol. The molecule has 5 nitrogen and oxygen atoms in total. The molecule has 21 heavy (non-hydrogen) atoms. The standard InChI is InChI=1S/C15H12ClN3O2/c1-9-4-3-5-11(17-9)14-13(15(20)21-2)12-7-6-10(16)8-19(12)18-14/h3-8H,1-2H3. The molecule has 0 aliphatic heterocycles. The summed E-state index contributed by atoms with van der Waals surface area (Å²) in [5.41, 5.74) is 2.96. The van der Waals surface area contributed by atoms with Gasteiger partial charge in [0.05, 0.1) is 23.3 Å². The highest BCUT2D eigenvalue weighted by Crippen LogP contribution is 2.26. The van der Waals surface area contributed by atoms with Gasteiger partial charge in [0.1, 0.15) is 11.3 Å². The molecule has 0 amide bonds. The number of halogens is 1. The van der Waals surface area contributed by atoms with Crippen LogP contribution in [0.15, 0.2) is 36.5 Å². The molecule has 0 saturated carbocycles. The van der Waals surface area contributed by atoms with Gasteiger partial charge in [-0.15, -0.1) is 0 Å². The van der Waals surface area contributed by atoms with E-state index in [9.17, 15) is 4.79 Å². The molecule has 0 bridgehead atoms. The van der Waals surface area contributed by atoms with Crippen LogP contribution in [0.1, 0.15) is 16.1 Å². The molecule has 3 heterocycles. The normalized spacial score (nSPS) is 10.8. The smallest absolute Gasteiger partial charge is 0.342 e. The van der Waals surface area contributed by atoms with E-state index in [1.165, 1.54) is 7.11 Å². The van der Waals surface area contributed by atoms with Crippen molar-refractivity contribution in [1.82, 2.24) is 14.6 Å². The zero-order valence-electron chi connectivity index (χ0n) is 11.5. The summed E-state index contributed by atoms with van der Waals surface area (Å²) >= 11 is 5.97. The zero-order valence-corrected chi connectivity index (χ0v) is 12.3. The molecule has 3 rings (SSSR count). The fraction of sp³-hybridized carbons (Fsp3) is 0.133. The average molecular weight is 302 g/mol. The molecule has 0 aromatic carbocycles. The first kappa shape index (κ1) is 13.6. The molecule has 0 unspecified atom stereocenters. The number of methoxy groups -OCH3 is 1. The second kappa shape index (κ2) is 5.18. The van der Waals surface area contributed by atoms with Gasteiger partial charge in [-0.1, -0.05) is 17.7 Å². The second-order valence-electron chi connectivity index (χ2n) is 4.56. The number of esters is 1. The molecule has 3 aromatic rings. The molecule has 3 aromatic heterocycles. The van der Waals surface area contributed by atoms with Gasteiger partial charge in [0.25, 0.3) is 0 Å². The average Bonchev–Trinajstić information content (AvgIpc) is 2.84. The van der Waals surface area contributed by atoms with Crippen molar-refractivity contribution in [1.29, 1.82) is 0 Å². The highest BCUT2D eigenvalue weighted by molar-refractivity contribution is 6.30. The van der Waals surface area contributed by atoms with Gasteiger partial charge in [0.2, 0.25) is 0 Å². The number of carbonyl (C=O) groups is 1. The Morgan fingerprint density at radius 1 is 1.29 bits per heavy atom. The summed E-state index contributed by atoms with van der Waals surface area (Å²) < 4.78 is 6.44. The predicted molar refractivity (Wildman–Crippen MR) is 79.5 cm³/mol. The second-order valence-corrected chi connectivity index (χ2v) is 4.99. The lowest BCUT2D eigenvalue weighted by Gasteiger charge is -2.01. The lowest BCUT2D eigenvalue weighted by atomic mass is 10.1. The fourth-order valence-corrected chi connectivity index (χ4v) is 2.34. The summed E-state index contributed by atoms with van der Waals surface area (Å²) in [6, 6.07) is 9.01. The minimum atomic E-state index is -0.453. The Morgan fingerprint density at radius 3 is 2.81 bits per heavy atom. The summed E-state index contributed by atoms with van der Waals surface area (Å²) in [6.45, 7) is 1.88. The first-order chi connectivity index (χ1) is 10.1. The van der Waals surface area contributed by atoms with Gasteiger partial charge in [-0.2, -0.15) is 5.10 Å². The first-order valence-corrected chi connectivity index (χ1v) is 6.68. The van der Waals surface area contributed by atoms with Crippen LogP contribution < -0.4 is 0 Å². The van der Waals surface area contributed by atoms with Gasteiger partial charge in [-0.25, -0.2) is 9.31 Å². The minimum absolute atomic E-state index is 0.382. The van der Waals surface area contributed by atoms with Crippen molar-refractivity contribution in [3.63, 3.8) is 0 Å². The third-order valence-corrected chi connectivity index (χ3v) is 3.34. The molecule has 6 heteroatoms. The number of ether oxygens (including phenoxy) is 1. The highest BCUT2D eigenvalue weighted by Gasteiger charge is 2.22. The molecule has 0 atom stereocenters. The Hall–Kier alpha value is -2.40. The SMILES string of the molecule is COC(=O)c1c(-c2cccc(C)n2)nn2cc(Cl)ccc12. The number of carbonyl (C=O) groups excluding carboxylic acids is 1.